The second kappa shape index (κ2) is 5.66. The molecule has 0 aliphatic carbocycles. The van der Waals surface area contributed by atoms with E-state index in [4.69, 9.17) is 11.6 Å². The Bertz CT molecular complexity index is 702. The number of nitro groups is 1. The third-order valence-electron chi connectivity index (χ3n) is 2.39. The summed E-state index contributed by atoms with van der Waals surface area (Å²) in [5, 5.41) is 15.2. The zero-order chi connectivity index (χ0) is 14.0. The van der Waals surface area contributed by atoms with Crippen LogP contribution >= 0.6 is 34.2 Å². The van der Waals surface area contributed by atoms with Crippen molar-refractivity contribution >= 4 is 39.9 Å². The molecule has 0 bridgehead atoms. The molecule has 0 unspecified atom stereocenters. The normalized spacial score (nSPS) is 10.4. The van der Waals surface area contributed by atoms with E-state index in [-0.39, 0.29) is 17.8 Å². The van der Waals surface area contributed by atoms with Crippen LogP contribution in [0.1, 0.15) is 5.56 Å². The number of nitrogens with zero attached hydrogens (tertiary/aromatic N) is 3. The zero-order valence-corrected chi connectivity index (χ0v) is 12.3. The first-order valence-electron chi connectivity index (χ1n) is 5.13. The number of nitro benzene ring substituents is 1. The van der Waals surface area contributed by atoms with E-state index in [1.807, 2.05) is 22.6 Å². The molecule has 0 amide bonds. The third kappa shape index (κ3) is 3.29. The number of halogens is 2. The van der Waals surface area contributed by atoms with E-state index in [9.17, 15) is 14.9 Å². The fourth-order valence-corrected chi connectivity index (χ4v) is 2.14. The summed E-state index contributed by atoms with van der Waals surface area (Å²) >= 11 is 7.79. The van der Waals surface area contributed by atoms with Gasteiger partial charge in [-0.1, -0.05) is 11.6 Å². The summed E-state index contributed by atoms with van der Waals surface area (Å²) < 4.78 is 1.86. The molecule has 1 aromatic carbocycles. The molecule has 0 aliphatic rings. The minimum atomic E-state index is -0.511. The molecule has 6 nitrogen and oxygen atoms in total. The smallest absolute Gasteiger partial charge is 0.268 e. The van der Waals surface area contributed by atoms with Crippen LogP contribution in [0.2, 0.25) is 5.02 Å². The van der Waals surface area contributed by atoms with Gasteiger partial charge in [0.2, 0.25) is 0 Å². The Hall–Kier alpha value is -1.48. The van der Waals surface area contributed by atoms with E-state index in [1.54, 1.807) is 0 Å². The summed E-state index contributed by atoms with van der Waals surface area (Å²) in [6.07, 6.45) is 1.51. The van der Waals surface area contributed by atoms with Gasteiger partial charge in [0, 0.05) is 20.7 Å². The molecule has 0 saturated carbocycles. The molecule has 0 saturated heterocycles. The number of rotatable bonds is 3. The Morgan fingerprint density at radius 2 is 2.16 bits per heavy atom. The third-order valence-corrected chi connectivity index (χ3v) is 3.22. The molecule has 0 radical (unpaired) electrons. The van der Waals surface area contributed by atoms with Crippen molar-refractivity contribution in [2.75, 3.05) is 0 Å². The van der Waals surface area contributed by atoms with Gasteiger partial charge in [-0.25, -0.2) is 4.68 Å². The Morgan fingerprint density at radius 3 is 2.79 bits per heavy atom. The summed E-state index contributed by atoms with van der Waals surface area (Å²) in [5.74, 6) is 0. The molecule has 0 N–H and O–H groups in total. The van der Waals surface area contributed by atoms with E-state index in [0.717, 1.165) is 4.68 Å². The van der Waals surface area contributed by atoms with Gasteiger partial charge in [-0.3, -0.25) is 14.9 Å². The van der Waals surface area contributed by atoms with E-state index in [2.05, 4.69) is 5.10 Å². The molecular formula is C11H7ClIN3O3. The second-order valence-corrected chi connectivity index (χ2v) is 5.38. The van der Waals surface area contributed by atoms with E-state index in [1.165, 1.54) is 30.5 Å². The summed E-state index contributed by atoms with van der Waals surface area (Å²) in [6, 6.07) is 5.62. The van der Waals surface area contributed by atoms with Gasteiger partial charge >= 0.3 is 0 Å². The lowest BCUT2D eigenvalue weighted by atomic mass is 10.2. The maximum Gasteiger partial charge on any atom is 0.274 e. The number of hydrogen-bond donors (Lipinski definition) is 0. The van der Waals surface area contributed by atoms with Crippen LogP contribution in [0.15, 0.2) is 35.3 Å². The van der Waals surface area contributed by atoms with Gasteiger partial charge in [0.1, 0.15) is 0 Å². The van der Waals surface area contributed by atoms with Gasteiger partial charge in [-0.15, -0.1) is 0 Å². The SMILES string of the molecule is O=c1cc(I)cnn1Cc1cc(Cl)ccc1[N+](=O)[O-]. The van der Waals surface area contributed by atoms with E-state index < -0.39 is 4.92 Å². The van der Waals surface area contributed by atoms with E-state index in [0.29, 0.717) is 14.2 Å². The van der Waals surface area contributed by atoms with Crippen LogP contribution in [0.25, 0.3) is 0 Å². The van der Waals surface area contributed by atoms with Gasteiger partial charge in [0.25, 0.3) is 11.2 Å². The lowest BCUT2D eigenvalue weighted by Crippen LogP contribution is -2.23. The molecule has 2 aromatic rings. The minimum Gasteiger partial charge on any atom is -0.268 e. The van der Waals surface area contributed by atoms with Crippen molar-refractivity contribution < 1.29 is 4.92 Å². The highest BCUT2D eigenvalue weighted by Crippen LogP contribution is 2.23. The number of aromatic nitrogens is 2. The molecule has 8 heteroatoms. The van der Waals surface area contributed by atoms with Gasteiger partial charge in [0.15, 0.2) is 0 Å². The molecule has 19 heavy (non-hydrogen) atoms. The topological polar surface area (TPSA) is 78.0 Å². The maximum absolute atomic E-state index is 11.7. The van der Waals surface area contributed by atoms with Gasteiger partial charge in [-0.2, -0.15) is 5.10 Å². The van der Waals surface area contributed by atoms with Crippen LogP contribution in [-0.2, 0) is 6.54 Å². The average molecular weight is 392 g/mol. The van der Waals surface area contributed by atoms with Gasteiger partial charge in [-0.05, 0) is 34.7 Å². The Labute approximate surface area is 126 Å². The molecule has 2 rings (SSSR count). The molecular weight excluding hydrogens is 384 g/mol. The van der Waals surface area contributed by atoms with Crippen molar-refractivity contribution in [3.8, 4) is 0 Å². The summed E-state index contributed by atoms with van der Waals surface area (Å²) in [4.78, 5) is 22.1. The highest BCUT2D eigenvalue weighted by Gasteiger charge is 2.15. The quantitative estimate of drug-likeness (QED) is 0.457. The van der Waals surface area contributed by atoms with Crippen molar-refractivity contribution in [3.63, 3.8) is 0 Å². The van der Waals surface area contributed by atoms with Crippen molar-refractivity contribution in [1.82, 2.24) is 9.78 Å². The van der Waals surface area contributed by atoms with Crippen molar-refractivity contribution in [1.29, 1.82) is 0 Å². The van der Waals surface area contributed by atoms with Crippen molar-refractivity contribution in [2.45, 2.75) is 6.54 Å². The molecule has 0 atom stereocenters. The molecule has 1 heterocycles. The second-order valence-electron chi connectivity index (χ2n) is 3.70. The molecule has 0 aliphatic heterocycles. The lowest BCUT2D eigenvalue weighted by molar-refractivity contribution is -0.385. The zero-order valence-electron chi connectivity index (χ0n) is 9.42. The molecule has 98 valence electrons. The first kappa shape index (κ1) is 13.9. The van der Waals surface area contributed by atoms with Crippen LogP contribution in [0.5, 0.6) is 0 Å². The molecule has 0 spiro atoms. The Kier molecular flexibility index (Phi) is 4.15. The summed E-state index contributed by atoms with van der Waals surface area (Å²) in [6.45, 7) is 0.00657. The van der Waals surface area contributed by atoms with Gasteiger partial charge in [0.05, 0.1) is 23.2 Å². The maximum atomic E-state index is 11.7. The van der Waals surface area contributed by atoms with E-state index >= 15 is 0 Å². The van der Waals surface area contributed by atoms with Crippen molar-refractivity contribution in [3.05, 3.63) is 65.1 Å². The van der Waals surface area contributed by atoms with Crippen LogP contribution in [0.4, 0.5) is 5.69 Å². The largest absolute Gasteiger partial charge is 0.274 e. The highest BCUT2D eigenvalue weighted by atomic mass is 127. The standard InChI is InChI=1S/C11H7ClIN3O3/c12-8-1-2-10(16(18)19)7(3-8)6-15-11(17)4-9(13)5-14-15/h1-5H,6H2. The van der Waals surface area contributed by atoms with Crippen LogP contribution < -0.4 is 5.56 Å². The number of hydrogen-bond acceptors (Lipinski definition) is 4. The Balaban J connectivity index is 2.45. The fraction of sp³-hybridized carbons (Fsp3) is 0.0909. The number of benzene rings is 1. The summed E-state index contributed by atoms with van der Waals surface area (Å²) in [7, 11) is 0. The lowest BCUT2D eigenvalue weighted by Gasteiger charge is -2.05. The monoisotopic (exact) mass is 391 g/mol. The van der Waals surface area contributed by atoms with Crippen molar-refractivity contribution in [2.24, 2.45) is 0 Å². The van der Waals surface area contributed by atoms with Gasteiger partial charge < -0.3 is 0 Å². The molecule has 1 aromatic heterocycles. The minimum absolute atomic E-state index is 0.00657. The van der Waals surface area contributed by atoms with Crippen LogP contribution in [0, 0.1) is 13.7 Å². The van der Waals surface area contributed by atoms with Crippen LogP contribution in [0.3, 0.4) is 0 Å². The average Bonchev–Trinajstić information content (AvgIpc) is 2.32. The highest BCUT2D eigenvalue weighted by molar-refractivity contribution is 14.1. The fourth-order valence-electron chi connectivity index (χ4n) is 1.55. The summed E-state index contributed by atoms with van der Waals surface area (Å²) in [5.41, 5.74) is -0.0638. The first-order chi connectivity index (χ1) is 8.97. The predicted octanol–water partition coefficient (Wildman–Crippen LogP) is 2.46. The van der Waals surface area contributed by atoms with Crippen LogP contribution in [-0.4, -0.2) is 14.7 Å². The Morgan fingerprint density at radius 1 is 1.42 bits per heavy atom. The predicted molar refractivity (Wildman–Crippen MR) is 78.4 cm³/mol. The first-order valence-corrected chi connectivity index (χ1v) is 6.58. The molecule has 0 fully saturated rings.